The molecule has 0 aromatic carbocycles. The fraction of sp³-hybridized carbons (Fsp3) is 0.222. The standard InChI is InChI=1S/C18H17ClN10/c1-9(25-17-12(4-20)16(21)22-8-23-17)13-7-29-18(14(19)10(2)27-29)26-15(13)11-5-24-28(3)6-11/h5-9H,1-3H3,(H3,21,22,23,25)/t9-/m0/s1. The molecule has 4 rings (SSSR count). The summed E-state index contributed by atoms with van der Waals surface area (Å²) in [6, 6.07) is 1.75. The first-order valence-electron chi connectivity index (χ1n) is 8.70. The lowest BCUT2D eigenvalue weighted by atomic mass is 10.0. The smallest absolute Gasteiger partial charge is 0.174 e. The topological polar surface area (TPSA) is 136 Å². The van der Waals surface area contributed by atoms with Gasteiger partial charge in [-0.15, -0.1) is 0 Å². The van der Waals surface area contributed by atoms with Crippen LogP contribution >= 0.6 is 11.6 Å². The summed E-state index contributed by atoms with van der Waals surface area (Å²) in [6.07, 6.45) is 6.77. The van der Waals surface area contributed by atoms with Crippen molar-refractivity contribution in [1.82, 2.24) is 34.3 Å². The zero-order valence-electron chi connectivity index (χ0n) is 15.9. The van der Waals surface area contributed by atoms with Gasteiger partial charge in [-0.25, -0.2) is 19.5 Å². The van der Waals surface area contributed by atoms with Crippen LogP contribution in [0.1, 0.15) is 29.8 Å². The van der Waals surface area contributed by atoms with Crippen LogP contribution in [0.4, 0.5) is 11.6 Å². The van der Waals surface area contributed by atoms with E-state index in [1.54, 1.807) is 15.4 Å². The van der Waals surface area contributed by atoms with Crippen LogP contribution in [0.3, 0.4) is 0 Å². The molecule has 0 saturated carbocycles. The van der Waals surface area contributed by atoms with Crippen LogP contribution in [-0.4, -0.2) is 34.3 Å². The fourth-order valence-electron chi connectivity index (χ4n) is 3.06. The van der Waals surface area contributed by atoms with Gasteiger partial charge in [0.1, 0.15) is 34.6 Å². The normalized spacial score (nSPS) is 12.1. The zero-order chi connectivity index (χ0) is 20.7. The quantitative estimate of drug-likeness (QED) is 0.525. The number of rotatable bonds is 4. The predicted octanol–water partition coefficient (Wildman–Crippen LogP) is 2.51. The van der Waals surface area contributed by atoms with E-state index in [9.17, 15) is 5.26 Å². The molecule has 10 nitrogen and oxygen atoms in total. The van der Waals surface area contributed by atoms with Crippen molar-refractivity contribution < 1.29 is 0 Å². The molecule has 3 N–H and O–H groups in total. The zero-order valence-corrected chi connectivity index (χ0v) is 16.7. The molecule has 0 radical (unpaired) electrons. The van der Waals surface area contributed by atoms with E-state index in [0.717, 1.165) is 11.1 Å². The van der Waals surface area contributed by atoms with Gasteiger partial charge in [-0.05, 0) is 13.8 Å². The third-order valence-electron chi connectivity index (χ3n) is 4.53. The molecule has 11 heteroatoms. The minimum absolute atomic E-state index is 0.118. The molecule has 0 amide bonds. The van der Waals surface area contributed by atoms with Crippen LogP contribution in [0.15, 0.2) is 24.9 Å². The number of nitrogens with one attached hydrogen (secondary N) is 1. The van der Waals surface area contributed by atoms with E-state index in [-0.39, 0.29) is 17.4 Å². The Morgan fingerprint density at radius 3 is 2.79 bits per heavy atom. The van der Waals surface area contributed by atoms with Crippen molar-refractivity contribution in [2.45, 2.75) is 19.9 Å². The van der Waals surface area contributed by atoms with E-state index in [0.29, 0.717) is 27.9 Å². The molecule has 146 valence electrons. The number of hydrogen-bond donors (Lipinski definition) is 2. The molecule has 1 atom stereocenters. The molecule has 0 aliphatic carbocycles. The van der Waals surface area contributed by atoms with Gasteiger partial charge in [-0.1, -0.05) is 11.6 Å². The molecule has 0 fully saturated rings. The van der Waals surface area contributed by atoms with Crippen LogP contribution < -0.4 is 11.1 Å². The van der Waals surface area contributed by atoms with Crippen molar-refractivity contribution in [3.8, 4) is 17.3 Å². The van der Waals surface area contributed by atoms with Gasteiger partial charge in [0.05, 0.1) is 23.6 Å². The van der Waals surface area contributed by atoms with Gasteiger partial charge in [-0.2, -0.15) is 15.5 Å². The maximum atomic E-state index is 9.39. The highest BCUT2D eigenvalue weighted by atomic mass is 35.5. The second-order valence-corrected chi connectivity index (χ2v) is 6.95. The maximum Gasteiger partial charge on any atom is 0.174 e. The van der Waals surface area contributed by atoms with Crippen molar-refractivity contribution >= 4 is 28.9 Å². The summed E-state index contributed by atoms with van der Waals surface area (Å²) in [5, 5.41) is 21.8. The van der Waals surface area contributed by atoms with Crippen molar-refractivity contribution in [2.24, 2.45) is 7.05 Å². The van der Waals surface area contributed by atoms with Crippen molar-refractivity contribution in [1.29, 1.82) is 5.26 Å². The average Bonchev–Trinajstić information content (AvgIpc) is 3.24. The minimum Gasteiger partial charge on any atom is -0.382 e. The maximum absolute atomic E-state index is 9.39. The third kappa shape index (κ3) is 3.21. The lowest BCUT2D eigenvalue weighted by Crippen LogP contribution is -2.14. The number of anilines is 2. The Kier molecular flexibility index (Phi) is 4.52. The first-order valence-corrected chi connectivity index (χ1v) is 9.08. The first kappa shape index (κ1) is 18.6. The summed E-state index contributed by atoms with van der Waals surface area (Å²) >= 11 is 6.38. The molecule has 4 heterocycles. The highest BCUT2D eigenvalue weighted by molar-refractivity contribution is 6.34. The molecule has 0 spiro atoms. The summed E-state index contributed by atoms with van der Waals surface area (Å²) in [5.41, 5.74) is 9.59. The van der Waals surface area contributed by atoms with E-state index in [1.165, 1.54) is 6.33 Å². The van der Waals surface area contributed by atoms with Gasteiger partial charge in [0.15, 0.2) is 5.65 Å². The van der Waals surface area contributed by atoms with Gasteiger partial charge in [0.2, 0.25) is 0 Å². The summed E-state index contributed by atoms with van der Waals surface area (Å²) < 4.78 is 3.34. The van der Waals surface area contributed by atoms with Crippen LogP contribution in [0.5, 0.6) is 0 Å². The summed E-state index contributed by atoms with van der Waals surface area (Å²) in [5.74, 6) is 0.465. The van der Waals surface area contributed by atoms with Gasteiger partial charge in [-0.3, -0.25) is 4.68 Å². The number of nitrogens with two attached hydrogens (primary N) is 1. The number of aryl methyl sites for hydroxylation is 2. The Balaban J connectivity index is 1.86. The monoisotopic (exact) mass is 408 g/mol. The first-order chi connectivity index (χ1) is 13.9. The second-order valence-electron chi connectivity index (χ2n) is 6.58. The molecule has 0 aliphatic heterocycles. The highest BCUT2D eigenvalue weighted by Crippen LogP contribution is 2.31. The molecule has 4 aromatic heterocycles. The van der Waals surface area contributed by atoms with Gasteiger partial charge < -0.3 is 11.1 Å². The molecule has 0 saturated heterocycles. The van der Waals surface area contributed by atoms with Crippen LogP contribution in [0.2, 0.25) is 5.02 Å². The summed E-state index contributed by atoms with van der Waals surface area (Å²) in [6.45, 7) is 3.76. The molecular formula is C18H17ClN10. The lowest BCUT2D eigenvalue weighted by molar-refractivity contribution is 0.768. The predicted molar refractivity (Wildman–Crippen MR) is 108 cm³/mol. The van der Waals surface area contributed by atoms with Gasteiger partial charge >= 0.3 is 0 Å². The Hall–Kier alpha value is -3.71. The van der Waals surface area contributed by atoms with Crippen LogP contribution in [0, 0.1) is 18.3 Å². The number of nitrogens with zero attached hydrogens (tertiary/aromatic N) is 8. The van der Waals surface area contributed by atoms with Crippen molar-refractivity contribution in [2.75, 3.05) is 11.1 Å². The van der Waals surface area contributed by atoms with E-state index in [2.05, 4.69) is 25.5 Å². The van der Waals surface area contributed by atoms with Crippen LogP contribution in [-0.2, 0) is 7.05 Å². The largest absolute Gasteiger partial charge is 0.382 e. The van der Waals surface area contributed by atoms with Gasteiger partial charge in [0, 0.05) is 30.6 Å². The fourth-order valence-corrected chi connectivity index (χ4v) is 3.23. The summed E-state index contributed by atoms with van der Waals surface area (Å²) in [4.78, 5) is 12.8. The van der Waals surface area contributed by atoms with E-state index >= 15 is 0 Å². The SMILES string of the molecule is Cc1nn2cc([C@H](C)Nc3ncnc(N)c3C#N)c(-c3cnn(C)c3)nc2c1Cl. The Morgan fingerprint density at radius 2 is 2.10 bits per heavy atom. The minimum atomic E-state index is -0.285. The van der Waals surface area contributed by atoms with E-state index < -0.39 is 0 Å². The lowest BCUT2D eigenvalue weighted by Gasteiger charge is -2.18. The number of nitriles is 1. The number of nitrogen functional groups attached to an aromatic ring is 1. The molecule has 0 bridgehead atoms. The number of fused-ring (bicyclic) bond motifs is 1. The second kappa shape index (κ2) is 7.03. The van der Waals surface area contributed by atoms with Crippen molar-refractivity contribution in [3.63, 3.8) is 0 Å². The molecule has 29 heavy (non-hydrogen) atoms. The number of halogens is 1. The van der Waals surface area contributed by atoms with E-state index in [1.807, 2.05) is 39.4 Å². The average molecular weight is 409 g/mol. The summed E-state index contributed by atoms with van der Waals surface area (Å²) in [7, 11) is 1.84. The number of aromatic nitrogens is 7. The van der Waals surface area contributed by atoms with Crippen molar-refractivity contribution in [3.05, 3.63) is 46.8 Å². The molecular weight excluding hydrogens is 392 g/mol. The molecule has 4 aromatic rings. The Morgan fingerprint density at radius 1 is 1.31 bits per heavy atom. The van der Waals surface area contributed by atoms with Crippen LogP contribution in [0.25, 0.3) is 16.9 Å². The van der Waals surface area contributed by atoms with E-state index in [4.69, 9.17) is 22.3 Å². The van der Waals surface area contributed by atoms with Gasteiger partial charge in [0.25, 0.3) is 0 Å². The number of hydrogen-bond acceptors (Lipinski definition) is 8. The Labute approximate surface area is 171 Å². The Bertz CT molecular complexity index is 1270. The highest BCUT2D eigenvalue weighted by Gasteiger charge is 2.21. The molecule has 0 aliphatic rings. The third-order valence-corrected chi connectivity index (χ3v) is 4.97. The molecule has 0 unspecified atom stereocenters.